The van der Waals surface area contributed by atoms with Crippen LogP contribution in [-0.2, 0) is 11.2 Å². The molecule has 29 heavy (non-hydrogen) atoms. The summed E-state index contributed by atoms with van der Waals surface area (Å²) in [6.45, 7) is 3.07. The number of hydrogen-bond donors (Lipinski definition) is 2. The summed E-state index contributed by atoms with van der Waals surface area (Å²) >= 11 is 0. The Kier molecular flexibility index (Phi) is 5.72. The monoisotopic (exact) mass is 389 g/mol. The van der Waals surface area contributed by atoms with Crippen molar-refractivity contribution >= 4 is 17.4 Å². The standard InChI is InChI=1S/C23H23N3O3/c27-21-8-6-18(14-17-4-2-1-3-5-17)15-20(21)23(28)25-22-9-7-19(16-24-22)26-10-12-29-13-11-26/h1-9,15-16,27H,10-14H2,(H,24,25,28). The van der Waals surface area contributed by atoms with Crippen LogP contribution in [0.2, 0.25) is 0 Å². The number of ether oxygens (including phenoxy) is 1. The van der Waals surface area contributed by atoms with Gasteiger partial charge in [0, 0.05) is 13.1 Å². The topological polar surface area (TPSA) is 74.7 Å². The predicted octanol–water partition coefficient (Wildman–Crippen LogP) is 3.47. The van der Waals surface area contributed by atoms with E-state index in [-0.39, 0.29) is 17.2 Å². The number of nitrogens with zero attached hydrogens (tertiary/aromatic N) is 2. The lowest BCUT2D eigenvalue weighted by Crippen LogP contribution is -2.36. The number of morpholine rings is 1. The molecule has 0 bridgehead atoms. The summed E-state index contributed by atoms with van der Waals surface area (Å²) in [5.41, 5.74) is 3.33. The minimum absolute atomic E-state index is 0.0516. The van der Waals surface area contributed by atoms with Crippen molar-refractivity contribution in [2.24, 2.45) is 0 Å². The van der Waals surface area contributed by atoms with Crippen LogP contribution >= 0.6 is 0 Å². The molecule has 0 radical (unpaired) electrons. The molecule has 0 aliphatic carbocycles. The van der Waals surface area contributed by atoms with Crippen LogP contribution in [-0.4, -0.2) is 42.3 Å². The van der Waals surface area contributed by atoms with E-state index in [1.165, 1.54) is 0 Å². The van der Waals surface area contributed by atoms with Gasteiger partial charge in [-0.3, -0.25) is 4.79 Å². The van der Waals surface area contributed by atoms with Crippen molar-refractivity contribution in [3.63, 3.8) is 0 Å². The molecule has 1 aliphatic heterocycles. The molecule has 1 aromatic heterocycles. The van der Waals surface area contributed by atoms with Crippen LogP contribution in [0.1, 0.15) is 21.5 Å². The molecule has 6 heteroatoms. The zero-order valence-corrected chi connectivity index (χ0v) is 16.0. The number of nitrogens with one attached hydrogen (secondary N) is 1. The Balaban J connectivity index is 1.45. The molecule has 0 spiro atoms. The van der Waals surface area contributed by atoms with Gasteiger partial charge in [0.2, 0.25) is 0 Å². The van der Waals surface area contributed by atoms with Crippen LogP contribution in [0.3, 0.4) is 0 Å². The molecule has 3 aromatic rings. The average Bonchev–Trinajstić information content (AvgIpc) is 2.77. The van der Waals surface area contributed by atoms with Crippen LogP contribution < -0.4 is 10.2 Å². The van der Waals surface area contributed by atoms with E-state index >= 15 is 0 Å². The maximum absolute atomic E-state index is 12.7. The van der Waals surface area contributed by atoms with Crippen LogP contribution in [0.15, 0.2) is 66.9 Å². The first-order chi connectivity index (χ1) is 14.2. The van der Waals surface area contributed by atoms with Gasteiger partial charge in [-0.05, 0) is 41.8 Å². The van der Waals surface area contributed by atoms with Gasteiger partial charge >= 0.3 is 0 Å². The van der Waals surface area contributed by atoms with Crippen molar-refractivity contribution in [2.75, 3.05) is 36.5 Å². The number of phenols is 1. The van der Waals surface area contributed by atoms with E-state index in [1.54, 1.807) is 24.4 Å². The molecule has 6 nitrogen and oxygen atoms in total. The van der Waals surface area contributed by atoms with E-state index in [0.717, 1.165) is 29.9 Å². The number of benzene rings is 2. The van der Waals surface area contributed by atoms with Gasteiger partial charge in [0.1, 0.15) is 11.6 Å². The van der Waals surface area contributed by atoms with E-state index in [2.05, 4.69) is 15.2 Å². The van der Waals surface area contributed by atoms with Gasteiger partial charge in [0.05, 0.1) is 30.7 Å². The summed E-state index contributed by atoms with van der Waals surface area (Å²) in [4.78, 5) is 19.2. The number of rotatable bonds is 5. The fourth-order valence-electron chi connectivity index (χ4n) is 3.36. The molecular weight excluding hydrogens is 366 g/mol. The fraction of sp³-hybridized carbons (Fsp3) is 0.217. The van der Waals surface area contributed by atoms with Gasteiger partial charge in [0.15, 0.2) is 0 Å². The molecule has 1 aliphatic rings. The highest BCUT2D eigenvalue weighted by Crippen LogP contribution is 2.22. The number of carbonyl (C=O) groups is 1. The summed E-state index contributed by atoms with van der Waals surface area (Å²) in [7, 11) is 0. The summed E-state index contributed by atoms with van der Waals surface area (Å²) in [5, 5.41) is 12.9. The third-order valence-electron chi connectivity index (χ3n) is 4.92. The Morgan fingerprint density at radius 1 is 1.03 bits per heavy atom. The van der Waals surface area contributed by atoms with E-state index < -0.39 is 0 Å². The highest BCUT2D eigenvalue weighted by Gasteiger charge is 2.15. The lowest BCUT2D eigenvalue weighted by molar-refractivity contribution is 0.102. The number of hydrogen-bond acceptors (Lipinski definition) is 5. The maximum Gasteiger partial charge on any atom is 0.260 e. The van der Waals surface area contributed by atoms with Crippen LogP contribution in [0.25, 0.3) is 0 Å². The molecule has 0 saturated carbocycles. The third-order valence-corrected chi connectivity index (χ3v) is 4.92. The van der Waals surface area contributed by atoms with Gasteiger partial charge in [-0.15, -0.1) is 0 Å². The normalized spacial score (nSPS) is 13.9. The van der Waals surface area contributed by atoms with Crippen molar-refractivity contribution in [3.05, 3.63) is 83.6 Å². The Morgan fingerprint density at radius 2 is 1.83 bits per heavy atom. The summed E-state index contributed by atoms with van der Waals surface area (Å²) in [6, 6.07) is 18.8. The molecule has 1 amide bonds. The van der Waals surface area contributed by atoms with Crippen LogP contribution in [0.5, 0.6) is 5.75 Å². The molecule has 4 rings (SSSR count). The van der Waals surface area contributed by atoms with E-state index in [4.69, 9.17) is 4.74 Å². The second-order valence-corrected chi connectivity index (χ2v) is 6.97. The number of aromatic nitrogens is 1. The quantitative estimate of drug-likeness (QED) is 0.699. The molecular formula is C23H23N3O3. The molecule has 1 saturated heterocycles. The Morgan fingerprint density at radius 3 is 2.55 bits per heavy atom. The largest absolute Gasteiger partial charge is 0.507 e. The van der Waals surface area contributed by atoms with E-state index in [9.17, 15) is 9.90 Å². The van der Waals surface area contributed by atoms with Gasteiger partial charge in [-0.2, -0.15) is 0 Å². The summed E-state index contributed by atoms with van der Waals surface area (Å²) in [5.74, 6) is 0.00755. The highest BCUT2D eigenvalue weighted by molar-refractivity contribution is 6.05. The first kappa shape index (κ1) is 19.0. The third kappa shape index (κ3) is 4.73. The number of carbonyl (C=O) groups excluding carboxylic acids is 1. The molecule has 0 atom stereocenters. The molecule has 148 valence electrons. The maximum atomic E-state index is 12.7. The second kappa shape index (κ2) is 8.75. The van der Waals surface area contributed by atoms with Crippen molar-refractivity contribution in [1.82, 2.24) is 4.98 Å². The van der Waals surface area contributed by atoms with Gasteiger partial charge < -0.3 is 20.1 Å². The van der Waals surface area contributed by atoms with Crippen LogP contribution in [0.4, 0.5) is 11.5 Å². The number of aromatic hydroxyl groups is 1. The van der Waals surface area contributed by atoms with Crippen molar-refractivity contribution in [2.45, 2.75) is 6.42 Å². The Hall–Kier alpha value is -3.38. The van der Waals surface area contributed by atoms with E-state index in [1.807, 2.05) is 42.5 Å². The number of pyridine rings is 1. The van der Waals surface area contributed by atoms with Crippen LogP contribution in [0, 0.1) is 0 Å². The van der Waals surface area contributed by atoms with Gasteiger partial charge in [-0.25, -0.2) is 4.98 Å². The van der Waals surface area contributed by atoms with Gasteiger partial charge in [-0.1, -0.05) is 36.4 Å². The SMILES string of the molecule is O=C(Nc1ccc(N2CCOCC2)cn1)c1cc(Cc2ccccc2)ccc1O. The van der Waals surface area contributed by atoms with Crippen molar-refractivity contribution < 1.29 is 14.6 Å². The first-order valence-corrected chi connectivity index (χ1v) is 9.65. The van der Waals surface area contributed by atoms with Gasteiger partial charge in [0.25, 0.3) is 5.91 Å². The smallest absolute Gasteiger partial charge is 0.260 e. The molecule has 2 N–H and O–H groups in total. The molecule has 2 heterocycles. The zero-order chi connectivity index (χ0) is 20.1. The zero-order valence-electron chi connectivity index (χ0n) is 16.0. The number of phenolic OH excluding ortho intramolecular Hbond substituents is 1. The highest BCUT2D eigenvalue weighted by atomic mass is 16.5. The number of anilines is 2. The average molecular weight is 389 g/mol. The van der Waals surface area contributed by atoms with E-state index in [0.29, 0.717) is 25.5 Å². The van der Waals surface area contributed by atoms with Crippen molar-refractivity contribution in [3.8, 4) is 5.75 Å². The Bertz CT molecular complexity index is 968. The minimum atomic E-state index is -0.385. The minimum Gasteiger partial charge on any atom is -0.507 e. The molecule has 1 fully saturated rings. The molecule has 0 unspecified atom stereocenters. The lowest BCUT2D eigenvalue weighted by atomic mass is 10.0. The predicted molar refractivity (Wildman–Crippen MR) is 113 cm³/mol. The fourth-order valence-corrected chi connectivity index (χ4v) is 3.36. The lowest BCUT2D eigenvalue weighted by Gasteiger charge is -2.28. The van der Waals surface area contributed by atoms with Crippen molar-refractivity contribution in [1.29, 1.82) is 0 Å². The Labute approximate surface area is 169 Å². The second-order valence-electron chi connectivity index (χ2n) is 6.97. The first-order valence-electron chi connectivity index (χ1n) is 9.65. The number of amides is 1. The molecule has 2 aromatic carbocycles. The summed E-state index contributed by atoms with van der Waals surface area (Å²) < 4.78 is 5.36. The summed E-state index contributed by atoms with van der Waals surface area (Å²) in [6.07, 6.45) is 2.43.